The number of aromatic nitrogens is 1. The SMILES string of the molecule is c1ccc(N2CCCC[C@@H](N3CCCC3)C2)nc1. The Morgan fingerprint density at radius 1 is 1.00 bits per heavy atom. The molecule has 2 aliphatic rings. The van der Waals surface area contributed by atoms with Crippen molar-refractivity contribution in [3.05, 3.63) is 24.4 Å². The molecule has 0 radical (unpaired) electrons. The summed E-state index contributed by atoms with van der Waals surface area (Å²) < 4.78 is 0. The van der Waals surface area contributed by atoms with Gasteiger partial charge in [0.15, 0.2) is 0 Å². The highest BCUT2D eigenvalue weighted by atomic mass is 15.3. The largest absolute Gasteiger partial charge is 0.355 e. The number of anilines is 1. The molecule has 0 aliphatic carbocycles. The molecule has 0 amide bonds. The highest BCUT2D eigenvalue weighted by Crippen LogP contribution is 2.22. The van der Waals surface area contributed by atoms with Crippen LogP contribution in [0.5, 0.6) is 0 Å². The summed E-state index contributed by atoms with van der Waals surface area (Å²) in [4.78, 5) is 9.69. The third kappa shape index (κ3) is 2.66. The van der Waals surface area contributed by atoms with Gasteiger partial charge in [0, 0.05) is 25.3 Å². The van der Waals surface area contributed by atoms with E-state index in [0.717, 1.165) is 18.4 Å². The molecule has 98 valence electrons. The van der Waals surface area contributed by atoms with E-state index in [1.54, 1.807) is 0 Å². The normalized spacial score (nSPS) is 26.2. The Hall–Kier alpha value is -1.09. The fraction of sp³-hybridized carbons (Fsp3) is 0.667. The summed E-state index contributed by atoms with van der Waals surface area (Å²) in [5.74, 6) is 1.16. The van der Waals surface area contributed by atoms with Crippen LogP contribution in [-0.2, 0) is 0 Å². The topological polar surface area (TPSA) is 19.4 Å². The molecule has 3 rings (SSSR count). The maximum Gasteiger partial charge on any atom is 0.128 e. The maximum absolute atomic E-state index is 4.51. The van der Waals surface area contributed by atoms with Crippen LogP contribution in [0.3, 0.4) is 0 Å². The van der Waals surface area contributed by atoms with Crippen molar-refractivity contribution in [3.8, 4) is 0 Å². The van der Waals surface area contributed by atoms with Crippen molar-refractivity contribution in [2.45, 2.75) is 38.1 Å². The Kier molecular flexibility index (Phi) is 3.79. The Morgan fingerprint density at radius 2 is 1.83 bits per heavy atom. The lowest BCUT2D eigenvalue weighted by molar-refractivity contribution is 0.236. The van der Waals surface area contributed by atoms with Gasteiger partial charge >= 0.3 is 0 Å². The lowest BCUT2D eigenvalue weighted by atomic mass is 10.1. The van der Waals surface area contributed by atoms with Gasteiger partial charge in [0.25, 0.3) is 0 Å². The molecule has 0 saturated carbocycles. The monoisotopic (exact) mass is 245 g/mol. The summed E-state index contributed by atoms with van der Waals surface area (Å²) >= 11 is 0. The zero-order chi connectivity index (χ0) is 12.2. The third-order valence-corrected chi connectivity index (χ3v) is 4.28. The minimum absolute atomic E-state index is 0.747. The van der Waals surface area contributed by atoms with E-state index >= 15 is 0 Å². The molecule has 2 saturated heterocycles. The zero-order valence-corrected chi connectivity index (χ0v) is 11.1. The lowest BCUT2D eigenvalue weighted by Gasteiger charge is -2.31. The van der Waals surface area contributed by atoms with E-state index in [-0.39, 0.29) is 0 Å². The van der Waals surface area contributed by atoms with Crippen molar-refractivity contribution in [1.82, 2.24) is 9.88 Å². The molecule has 18 heavy (non-hydrogen) atoms. The van der Waals surface area contributed by atoms with Crippen LogP contribution in [0.1, 0.15) is 32.1 Å². The predicted octanol–water partition coefficient (Wildman–Crippen LogP) is 2.54. The van der Waals surface area contributed by atoms with Crippen LogP contribution < -0.4 is 4.90 Å². The Labute approximate surface area is 110 Å². The number of hydrogen-bond acceptors (Lipinski definition) is 3. The van der Waals surface area contributed by atoms with E-state index in [2.05, 4.69) is 26.9 Å². The number of rotatable bonds is 2. The minimum Gasteiger partial charge on any atom is -0.355 e. The van der Waals surface area contributed by atoms with E-state index < -0.39 is 0 Å². The van der Waals surface area contributed by atoms with Crippen molar-refractivity contribution in [2.24, 2.45) is 0 Å². The first-order chi connectivity index (χ1) is 8.93. The summed E-state index contributed by atoms with van der Waals surface area (Å²) in [6.45, 7) is 4.94. The zero-order valence-electron chi connectivity index (χ0n) is 11.1. The molecule has 3 nitrogen and oxygen atoms in total. The van der Waals surface area contributed by atoms with E-state index in [1.807, 2.05) is 12.3 Å². The van der Waals surface area contributed by atoms with Gasteiger partial charge < -0.3 is 4.90 Å². The molecular weight excluding hydrogens is 222 g/mol. The molecule has 2 fully saturated rings. The molecule has 0 spiro atoms. The van der Waals surface area contributed by atoms with Crippen molar-refractivity contribution in [2.75, 3.05) is 31.1 Å². The molecule has 0 unspecified atom stereocenters. The molecule has 1 aromatic heterocycles. The number of pyridine rings is 1. The van der Waals surface area contributed by atoms with Gasteiger partial charge in [-0.1, -0.05) is 12.5 Å². The lowest BCUT2D eigenvalue weighted by Crippen LogP contribution is -2.41. The molecule has 0 N–H and O–H groups in total. The quantitative estimate of drug-likeness (QED) is 0.798. The summed E-state index contributed by atoms with van der Waals surface area (Å²) in [7, 11) is 0. The van der Waals surface area contributed by atoms with Crippen molar-refractivity contribution >= 4 is 5.82 Å². The molecule has 1 aromatic rings. The van der Waals surface area contributed by atoms with Crippen LogP contribution in [0.2, 0.25) is 0 Å². The van der Waals surface area contributed by atoms with Crippen molar-refractivity contribution in [3.63, 3.8) is 0 Å². The van der Waals surface area contributed by atoms with Gasteiger partial charge in [-0.2, -0.15) is 0 Å². The Balaban J connectivity index is 1.71. The molecular formula is C15H23N3. The van der Waals surface area contributed by atoms with E-state index in [0.29, 0.717) is 0 Å². The van der Waals surface area contributed by atoms with Crippen LogP contribution in [0.4, 0.5) is 5.82 Å². The van der Waals surface area contributed by atoms with Crippen LogP contribution in [-0.4, -0.2) is 42.1 Å². The molecule has 3 heteroatoms. The van der Waals surface area contributed by atoms with Gasteiger partial charge in [0.05, 0.1) is 0 Å². The fourth-order valence-corrected chi connectivity index (χ4v) is 3.27. The van der Waals surface area contributed by atoms with E-state index in [4.69, 9.17) is 0 Å². The first-order valence-corrected chi connectivity index (χ1v) is 7.33. The smallest absolute Gasteiger partial charge is 0.128 e. The average molecular weight is 245 g/mol. The number of nitrogens with zero attached hydrogens (tertiary/aromatic N) is 3. The van der Waals surface area contributed by atoms with Gasteiger partial charge in [-0.05, 0) is 50.9 Å². The standard InChI is InChI=1S/C15H23N3/c1-3-9-16-15(8-1)18-12-4-2-7-14(13-18)17-10-5-6-11-17/h1,3,8-9,14H,2,4-7,10-13H2/t14-/m1/s1. The maximum atomic E-state index is 4.51. The Bertz CT molecular complexity index is 359. The van der Waals surface area contributed by atoms with Crippen molar-refractivity contribution in [1.29, 1.82) is 0 Å². The van der Waals surface area contributed by atoms with Crippen LogP contribution in [0, 0.1) is 0 Å². The number of hydrogen-bond donors (Lipinski definition) is 0. The Morgan fingerprint density at radius 3 is 2.61 bits per heavy atom. The van der Waals surface area contributed by atoms with Gasteiger partial charge in [-0.3, -0.25) is 4.90 Å². The second-order valence-electron chi connectivity index (χ2n) is 5.53. The minimum atomic E-state index is 0.747. The summed E-state index contributed by atoms with van der Waals surface area (Å²) in [6.07, 6.45) is 8.72. The summed E-state index contributed by atoms with van der Waals surface area (Å²) in [5.41, 5.74) is 0. The second-order valence-corrected chi connectivity index (χ2v) is 5.53. The van der Waals surface area contributed by atoms with Crippen LogP contribution >= 0.6 is 0 Å². The molecule has 1 atom stereocenters. The van der Waals surface area contributed by atoms with Crippen LogP contribution in [0.15, 0.2) is 24.4 Å². The van der Waals surface area contributed by atoms with E-state index in [9.17, 15) is 0 Å². The van der Waals surface area contributed by atoms with Gasteiger partial charge in [-0.15, -0.1) is 0 Å². The molecule has 0 bridgehead atoms. The highest BCUT2D eigenvalue weighted by Gasteiger charge is 2.26. The third-order valence-electron chi connectivity index (χ3n) is 4.28. The van der Waals surface area contributed by atoms with Gasteiger partial charge in [0.1, 0.15) is 5.82 Å². The predicted molar refractivity (Wildman–Crippen MR) is 74.9 cm³/mol. The summed E-state index contributed by atoms with van der Waals surface area (Å²) in [5, 5.41) is 0. The van der Waals surface area contributed by atoms with E-state index in [1.165, 1.54) is 51.7 Å². The molecule has 2 aliphatic heterocycles. The van der Waals surface area contributed by atoms with Crippen LogP contribution in [0.25, 0.3) is 0 Å². The first-order valence-electron chi connectivity index (χ1n) is 7.33. The summed E-state index contributed by atoms with van der Waals surface area (Å²) in [6, 6.07) is 6.99. The van der Waals surface area contributed by atoms with Gasteiger partial charge in [0.2, 0.25) is 0 Å². The number of likely N-dealkylation sites (tertiary alicyclic amines) is 1. The average Bonchev–Trinajstić information content (AvgIpc) is 2.85. The van der Waals surface area contributed by atoms with Gasteiger partial charge in [-0.25, -0.2) is 4.98 Å². The molecule has 0 aromatic carbocycles. The first kappa shape index (κ1) is 12.0. The fourth-order valence-electron chi connectivity index (χ4n) is 3.27. The second kappa shape index (κ2) is 5.70. The molecule has 3 heterocycles. The highest BCUT2D eigenvalue weighted by molar-refractivity contribution is 5.38. The van der Waals surface area contributed by atoms with Crippen molar-refractivity contribution < 1.29 is 0 Å².